The predicted octanol–water partition coefficient (Wildman–Crippen LogP) is 6.37. The van der Waals surface area contributed by atoms with Crippen LogP contribution >= 0.6 is 0 Å². The zero-order valence-corrected chi connectivity index (χ0v) is 29.4. The van der Waals surface area contributed by atoms with E-state index in [0.29, 0.717) is 35.9 Å². The van der Waals surface area contributed by atoms with Crippen LogP contribution in [0.4, 0.5) is 0 Å². The molecule has 5 atom stereocenters. The van der Waals surface area contributed by atoms with Gasteiger partial charge < -0.3 is 38.6 Å². The van der Waals surface area contributed by atoms with Crippen LogP contribution < -0.4 is 0 Å². The van der Waals surface area contributed by atoms with Crippen LogP contribution in [-0.2, 0) is 33.2 Å². The minimum absolute atomic E-state index is 0.179. The average Bonchev–Trinajstić information content (AvgIpc) is 3.96. The Labute approximate surface area is 287 Å². The van der Waals surface area contributed by atoms with Crippen molar-refractivity contribution < 1.29 is 43.4 Å². The van der Waals surface area contributed by atoms with E-state index in [2.05, 4.69) is 6.08 Å². The molecule has 9 rings (SSSR count). The lowest BCUT2D eigenvalue weighted by Crippen LogP contribution is -2.41. The van der Waals surface area contributed by atoms with Gasteiger partial charge in [0, 0.05) is 51.7 Å². The number of ether oxygens (including phenoxy) is 6. The first-order chi connectivity index (χ1) is 23.3. The number of carbonyl (C=O) groups is 1. The molecular formula is C39H62O9. The fourth-order valence-electron chi connectivity index (χ4n) is 11.7. The van der Waals surface area contributed by atoms with Gasteiger partial charge in [-0.2, -0.15) is 0 Å². The van der Waals surface area contributed by atoms with Crippen molar-refractivity contribution in [1.82, 2.24) is 0 Å². The van der Waals surface area contributed by atoms with Crippen molar-refractivity contribution in [3.05, 3.63) is 11.6 Å². The van der Waals surface area contributed by atoms with Crippen LogP contribution in [0.15, 0.2) is 11.6 Å². The zero-order chi connectivity index (χ0) is 33.2. The molecule has 272 valence electrons. The first-order valence-electron chi connectivity index (χ1n) is 19.5. The molecule has 3 saturated heterocycles. The third-order valence-electron chi connectivity index (χ3n) is 13.8. The molecule has 0 aromatic heterocycles. The molecule has 5 saturated carbocycles. The summed E-state index contributed by atoms with van der Waals surface area (Å²) in [5.74, 6) is 0.228. The van der Waals surface area contributed by atoms with E-state index in [9.17, 15) is 15.0 Å². The molecule has 3 aliphatic heterocycles. The van der Waals surface area contributed by atoms with Gasteiger partial charge in [0.2, 0.25) is 0 Å². The van der Waals surface area contributed by atoms with Crippen molar-refractivity contribution >= 4 is 6.29 Å². The van der Waals surface area contributed by atoms with Gasteiger partial charge in [-0.25, -0.2) is 0 Å². The molecule has 9 heteroatoms. The predicted molar refractivity (Wildman–Crippen MR) is 179 cm³/mol. The topological polar surface area (TPSA) is 113 Å². The van der Waals surface area contributed by atoms with E-state index < -0.39 is 0 Å². The maximum absolute atomic E-state index is 10.8. The van der Waals surface area contributed by atoms with Crippen molar-refractivity contribution in [2.75, 3.05) is 52.9 Å². The molecule has 0 unspecified atom stereocenters. The number of aldehydes is 1. The Morgan fingerprint density at radius 1 is 0.583 bits per heavy atom. The van der Waals surface area contributed by atoms with Gasteiger partial charge in [0.15, 0.2) is 17.4 Å². The Morgan fingerprint density at radius 2 is 1.02 bits per heavy atom. The first-order valence-corrected chi connectivity index (χ1v) is 19.5. The number of allylic oxidation sites excluding steroid dienone is 2. The number of carbonyl (C=O) groups excluding carboxylic acids is 1. The molecule has 6 spiro atoms. The van der Waals surface area contributed by atoms with E-state index in [4.69, 9.17) is 28.4 Å². The lowest BCUT2D eigenvalue weighted by Gasteiger charge is -2.43. The van der Waals surface area contributed by atoms with Gasteiger partial charge in [-0.3, -0.25) is 4.79 Å². The van der Waals surface area contributed by atoms with Crippen molar-refractivity contribution in [3.63, 3.8) is 0 Å². The second kappa shape index (κ2) is 14.6. The van der Waals surface area contributed by atoms with Crippen LogP contribution in [0.25, 0.3) is 0 Å². The summed E-state index contributed by atoms with van der Waals surface area (Å²) in [7, 11) is 0. The summed E-state index contributed by atoms with van der Waals surface area (Å²) in [4.78, 5) is 10.8. The zero-order valence-electron chi connectivity index (χ0n) is 29.4. The summed E-state index contributed by atoms with van der Waals surface area (Å²) in [6, 6.07) is 0. The third kappa shape index (κ3) is 7.64. The molecule has 8 fully saturated rings. The minimum atomic E-state index is -0.326. The van der Waals surface area contributed by atoms with Crippen LogP contribution in [0.5, 0.6) is 0 Å². The molecule has 9 aliphatic rings. The van der Waals surface area contributed by atoms with Gasteiger partial charge in [0.1, 0.15) is 6.29 Å². The Bertz CT molecular complexity index is 1070. The highest BCUT2D eigenvalue weighted by Gasteiger charge is 2.53. The summed E-state index contributed by atoms with van der Waals surface area (Å²) in [5.41, 5.74) is 1.97. The van der Waals surface area contributed by atoms with Crippen LogP contribution in [0.2, 0.25) is 0 Å². The summed E-state index contributed by atoms with van der Waals surface area (Å²) in [6.45, 7) is 5.21. The van der Waals surface area contributed by atoms with E-state index in [1.807, 2.05) is 0 Å². The lowest BCUT2D eigenvalue weighted by molar-refractivity contribution is -0.202. The maximum atomic E-state index is 10.8. The average molecular weight is 675 g/mol. The third-order valence-corrected chi connectivity index (χ3v) is 13.8. The van der Waals surface area contributed by atoms with Crippen molar-refractivity contribution in [2.24, 2.45) is 28.1 Å². The van der Waals surface area contributed by atoms with Crippen molar-refractivity contribution in [2.45, 2.75) is 146 Å². The number of aliphatic hydroxyl groups is 2. The SMILES string of the molecule is O=CC1=C[C@@]2(CCCC3(C2)OCCO3)CC1.OC[C@@H]1CC[C@]2(CCCC3(C2)OCCO3)C1.OC[C@H]1CC[C@]2(CCCC3(C2)OCCO3)C1. The van der Waals surface area contributed by atoms with Gasteiger partial charge in [-0.15, -0.1) is 0 Å². The number of hydrogen-bond donors (Lipinski definition) is 2. The highest BCUT2D eigenvalue weighted by atomic mass is 16.7. The van der Waals surface area contributed by atoms with Gasteiger partial charge >= 0.3 is 0 Å². The Hall–Kier alpha value is -0.910. The van der Waals surface area contributed by atoms with Gasteiger partial charge in [-0.1, -0.05) is 6.08 Å². The summed E-state index contributed by atoms with van der Waals surface area (Å²) >= 11 is 0. The molecule has 9 nitrogen and oxygen atoms in total. The van der Waals surface area contributed by atoms with Crippen LogP contribution in [0.1, 0.15) is 128 Å². The van der Waals surface area contributed by atoms with Crippen molar-refractivity contribution in [1.29, 1.82) is 0 Å². The molecule has 0 amide bonds. The van der Waals surface area contributed by atoms with Gasteiger partial charge in [0.25, 0.3) is 0 Å². The molecule has 6 aliphatic carbocycles. The number of aliphatic hydroxyl groups excluding tert-OH is 2. The standard InChI is InChI=1S/2C13H22O3.C13H18O3/c3*14-9-11-2-5-12(8-11)3-1-4-13(10-12)15-6-7-16-13/h2*11,14H,1-10H2;8-9H,1-7,10H2/t11-,12+;11-,12-;12-/m011/s1. The second-order valence-corrected chi connectivity index (χ2v) is 17.2. The monoisotopic (exact) mass is 674 g/mol. The quantitative estimate of drug-likeness (QED) is 0.330. The molecule has 2 N–H and O–H groups in total. The summed E-state index contributed by atoms with van der Waals surface area (Å²) in [5, 5.41) is 18.5. The molecule has 3 heterocycles. The van der Waals surface area contributed by atoms with E-state index in [1.54, 1.807) is 0 Å². The van der Waals surface area contributed by atoms with E-state index in [-0.39, 0.29) is 22.8 Å². The fraction of sp³-hybridized carbons (Fsp3) is 0.923. The summed E-state index contributed by atoms with van der Waals surface area (Å²) in [6.07, 6.45) is 26.1. The highest BCUT2D eigenvalue weighted by molar-refractivity contribution is 5.74. The second-order valence-electron chi connectivity index (χ2n) is 17.2. The van der Waals surface area contributed by atoms with E-state index in [1.165, 1.54) is 70.6 Å². The first kappa shape index (κ1) is 35.5. The Balaban J connectivity index is 0.000000114. The molecule has 0 aromatic rings. The van der Waals surface area contributed by atoms with Gasteiger partial charge in [-0.05, 0) is 124 Å². The minimum Gasteiger partial charge on any atom is -0.396 e. The Morgan fingerprint density at radius 3 is 1.42 bits per heavy atom. The fourth-order valence-corrected chi connectivity index (χ4v) is 11.7. The molecular weight excluding hydrogens is 612 g/mol. The number of rotatable bonds is 3. The molecule has 0 bridgehead atoms. The smallest absolute Gasteiger partial charge is 0.169 e. The van der Waals surface area contributed by atoms with E-state index in [0.717, 1.165) is 109 Å². The highest BCUT2D eigenvalue weighted by Crippen LogP contribution is 2.57. The van der Waals surface area contributed by atoms with Crippen LogP contribution in [-0.4, -0.2) is 86.7 Å². The normalized spacial score (nSPS) is 40.4. The van der Waals surface area contributed by atoms with Crippen molar-refractivity contribution in [3.8, 4) is 0 Å². The molecule has 0 aromatic carbocycles. The maximum Gasteiger partial charge on any atom is 0.169 e. The molecule has 0 radical (unpaired) electrons. The largest absolute Gasteiger partial charge is 0.396 e. The van der Waals surface area contributed by atoms with Crippen LogP contribution in [0, 0.1) is 28.1 Å². The Kier molecular flexibility index (Phi) is 10.8. The molecule has 48 heavy (non-hydrogen) atoms. The summed E-state index contributed by atoms with van der Waals surface area (Å²) < 4.78 is 35.0. The van der Waals surface area contributed by atoms with E-state index >= 15 is 0 Å². The van der Waals surface area contributed by atoms with Crippen LogP contribution in [0.3, 0.4) is 0 Å². The number of hydrogen-bond acceptors (Lipinski definition) is 9. The lowest BCUT2D eigenvalue weighted by atomic mass is 9.70. The van der Waals surface area contributed by atoms with Gasteiger partial charge in [0.05, 0.1) is 39.6 Å².